The van der Waals surface area contributed by atoms with E-state index in [1.165, 1.54) is 46.8 Å². The number of hydrogen-bond acceptors (Lipinski definition) is 2. The Balaban J connectivity index is 1.86. The van der Waals surface area contributed by atoms with E-state index in [-0.39, 0.29) is 0 Å². The fraction of sp³-hybridized carbons (Fsp3) is 0.471. The molecule has 0 aliphatic heterocycles. The number of thiazole rings is 1. The van der Waals surface area contributed by atoms with Crippen molar-refractivity contribution in [2.75, 3.05) is 0 Å². The van der Waals surface area contributed by atoms with Gasteiger partial charge in [0, 0.05) is 20.8 Å². The van der Waals surface area contributed by atoms with Gasteiger partial charge >= 0.3 is 0 Å². The van der Waals surface area contributed by atoms with Crippen molar-refractivity contribution < 1.29 is 0 Å². The van der Waals surface area contributed by atoms with Crippen LogP contribution in [0.25, 0.3) is 11.3 Å². The maximum absolute atomic E-state index is 4.96. The van der Waals surface area contributed by atoms with Crippen molar-refractivity contribution in [1.29, 1.82) is 0 Å². The molecule has 3 rings (SSSR count). The predicted molar refractivity (Wildman–Crippen MR) is 90.4 cm³/mol. The summed E-state index contributed by atoms with van der Waals surface area (Å²) < 4.78 is 1.12. The fourth-order valence-electron chi connectivity index (χ4n) is 3.14. The van der Waals surface area contributed by atoms with Gasteiger partial charge in [-0.15, -0.1) is 11.3 Å². The van der Waals surface area contributed by atoms with Crippen LogP contribution < -0.4 is 0 Å². The van der Waals surface area contributed by atoms with Crippen molar-refractivity contribution in [2.45, 2.75) is 45.4 Å². The maximum Gasteiger partial charge on any atom is 0.0966 e. The molecule has 1 fully saturated rings. The van der Waals surface area contributed by atoms with Gasteiger partial charge in [-0.05, 0) is 44.2 Å². The molecular formula is C17H20BrNS. The normalized spacial score (nSPS) is 22.4. The second kappa shape index (κ2) is 5.98. The summed E-state index contributed by atoms with van der Waals surface area (Å²) in [6.45, 7) is 4.51. The number of aryl methyl sites for hydroxylation is 1. The number of nitrogens with zero attached hydrogens (tertiary/aromatic N) is 1. The molecule has 1 heterocycles. The van der Waals surface area contributed by atoms with Gasteiger partial charge in [-0.2, -0.15) is 0 Å². The van der Waals surface area contributed by atoms with Crippen LogP contribution in [0, 0.1) is 12.8 Å². The first-order valence-corrected chi connectivity index (χ1v) is 9.01. The first-order chi connectivity index (χ1) is 9.67. The molecule has 1 aliphatic carbocycles. The van der Waals surface area contributed by atoms with E-state index < -0.39 is 0 Å². The Hall–Kier alpha value is -0.670. The zero-order chi connectivity index (χ0) is 14.1. The number of aromatic nitrogens is 1. The van der Waals surface area contributed by atoms with Gasteiger partial charge in [0.1, 0.15) is 0 Å². The van der Waals surface area contributed by atoms with Crippen molar-refractivity contribution in [3.8, 4) is 11.3 Å². The lowest BCUT2D eigenvalue weighted by atomic mass is 10.0. The smallest absolute Gasteiger partial charge is 0.0966 e. The Kier molecular flexibility index (Phi) is 4.27. The van der Waals surface area contributed by atoms with Gasteiger partial charge < -0.3 is 0 Å². The molecule has 1 aliphatic rings. The van der Waals surface area contributed by atoms with E-state index >= 15 is 0 Å². The average Bonchev–Trinajstić information content (AvgIpc) is 3.06. The molecule has 20 heavy (non-hydrogen) atoms. The summed E-state index contributed by atoms with van der Waals surface area (Å²) in [5, 5.41) is 1.36. The van der Waals surface area contributed by atoms with Crippen LogP contribution in [0.3, 0.4) is 0 Å². The number of rotatable bonds is 3. The molecule has 3 heteroatoms. The molecule has 0 N–H and O–H groups in total. The van der Waals surface area contributed by atoms with E-state index in [0.717, 1.165) is 10.4 Å². The molecule has 0 amide bonds. The summed E-state index contributed by atoms with van der Waals surface area (Å²) in [4.78, 5) is 6.31. The summed E-state index contributed by atoms with van der Waals surface area (Å²) in [6, 6.07) is 8.49. The van der Waals surface area contributed by atoms with Crippen LogP contribution in [0.15, 0.2) is 28.7 Å². The lowest BCUT2D eigenvalue weighted by Crippen LogP contribution is -1.94. The zero-order valence-corrected chi connectivity index (χ0v) is 14.4. The SMILES string of the molecule is CCC1CCC(c2nc(-c3ccc(Br)cc3)c(C)s2)C1. The number of hydrogen-bond donors (Lipinski definition) is 0. The quantitative estimate of drug-likeness (QED) is 0.645. The van der Waals surface area contributed by atoms with E-state index in [4.69, 9.17) is 4.98 Å². The second-order valence-corrected chi connectivity index (χ2v) is 7.90. The van der Waals surface area contributed by atoms with Gasteiger partial charge in [-0.1, -0.05) is 41.4 Å². The van der Waals surface area contributed by atoms with E-state index in [1.54, 1.807) is 0 Å². The van der Waals surface area contributed by atoms with Crippen LogP contribution in [0.5, 0.6) is 0 Å². The summed E-state index contributed by atoms with van der Waals surface area (Å²) in [5.41, 5.74) is 2.41. The van der Waals surface area contributed by atoms with Crippen LogP contribution in [-0.4, -0.2) is 4.98 Å². The molecule has 1 aromatic heterocycles. The molecule has 1 saturated carbocycles. The molecule has 2 aromatic rings. The predicted octanol–water partition coefficient (Wildman–Crippen LogP) is 6.17. The Morgan fingerprint density at radius 3 is 2.65 bits per heavy atom. The zero-order valence-electron chi connectivity index (χ0n) is 12.0. The van der Waals surface area contributed by atoms with E-state index in [0.29, 0.717) is 5.92 Å². The molecule has 1 nitrogen and oxygen atoms in total. The Morgan fingerprint density at radius 2 is 2.00 bits per heavy atom. The topological polar surface area (TPSA) is 12.9 Å². The average molecular weight is 350 g/mol. The van der Waals surface area contributed by atoms with Crippen LogP contribution >= 0.6 is 27.3 Å². The van der Waals surface area contributed by atoms with Gasteiger partial charge in [-0.25, -0.2) is 4.98 Å². The molecule has 0 saturated heterocycles. The lowest BCUT2D eigenvalue weighted by Gasteiger charge is -2.06. The summed E-state index contributed by atoms with van der Waals surface area (Å²) >= 11 is 5.39. The third-order valence-corrected chi connectivity index (χ3v) is 6.06. The van der Waals surface area contributed by atoms with Crippen molar-refractivity contribution in [2.24, 2.45) is 5.92 Å². The summed E-state index contributed by atoms with van der Waals surface area (Å²) in [5.74, 6) is 1.62. The Morgan fingerprint density at radius 1 is 1.25 bits per heavy atom. The van der Waals surface area contributed by atoms with Crippen molar-refractivity contribution in [1.82, 2.24) is 4.98 Å². The van der Waals surface area contributed by atoms with Gasteiger partial charge in [0.25, 0.3) is 0 Å². The van der Waals surface area contributed by atoms with E-state index in [2.05, 4.69) is 54.0 Å². The molecule has 0 radical (unpaired) electrons. The Labute approximate surface area is 133 Å². The van der Waals surface area contributed by atoms with E-state index in [1.807, 2.05) is 11.3 Å². The highest BCUT2D eigenvalue weighted by molar-refractivity contribution is 9.10. The minimum atomic E-state index is 0.702. The van der Waals surface area contributed by atoms with Crippen LogP contribution in [-0.2, 0) is 0 Å². The standard InChI is InChI=1S/C17H20BrNS/c1-3-12-4-5-14(10-12)17-19-16(11(2)20-17)13-6-8-15(18)9-7-13/h6-9,12,14H,3-5,10H2,1-2H3. The molecular weight excluding hydrogens is 330 g/mol. The first-order valence-electron chi connectivity index (χ1n) is 7.40. The highest BCUT2D eigenvalue weighted by Crippen LogP contribution is 2.42. The number of benzene rings is 1. The summed E-state index contributed by atoms with van der Waals surface area (Å²) in [6.07, 6.45) is 5.36. The minimum absolute atomic E-state index is 0.702. The van der Waals surface area contributed by atoms with Crippen molar-refractivity contribution in [3.05, 3.63) is 38.6 Å². The molecule has 106 valence electrons. The summed E-state index contributed by atoms with van der Waals surface area (Å²) in [7, 11) is 0. The van der Waals surface area contributed by atoms with Crippen LogP contribution in [0.4, 0.5) is 0 Å². The van der Waals surface area contributed by atoms with Gasteiger partial charge in [0.2, 0.25) is 0 Å². The van der Waals surface area contributed by atoms with Crippen molar-refractivity contribution in [3.63, 3.8) is 0 Å². The largest absolute Gasteiger partial charge is 0.241 e. The molecule has 2 atom stereocenters. The lowest BCUT2D eigenvalue weighted by molar-refractivity contribution is 0.521. The van der Waals surface area contributed by atoms with Crippen LogP contribution in [0.2, 0.25) is 0 Å². The first kappa shape index (κ1) is 14.3. The van der Waals surface area contributed by atoms with Crippen molar-refractivity contribution >= 4 is 27.3 Å². The Bertz CT molecular complexity index is 588. The third kappa shape index (κ3) is 2.84. The highest BCUT2D eigenvalue weighted by atomic mass is 79.9. The maximum atomic E-state index is 4.96. The molecule has 1 aromatic carbocycles. The fourth-order valence-corrected chi connectivity index (χ4v) is 4.49. The van der Waals surface area contributed by atoms with Gasteiger partial charge in [0.05, 0.1) is 10.7 Å². The molecule has 0 spiro atoms. The molecule has 2 unspecified atom stereocenters. The monoisotopic (exact) mass is 349 g/mol. The van der Waals surface area contributed by atoms with Crippen LogP contribution in [0.1, 0.15) is 48.4 Å². The minimum Gasteiger partial charge on any atom is -0.241 e. The second-order valence-electron chi connectivity index (χ2n) is 5.75. The van der Waals surface area contributed by atoms with E-state index in [9.17, 15) is 0 Å². The highest BCUT2D eigenvalue weighted by Gasteiger charge is 2.27. The molecule has 0 bridgehead atoms. The number of halogens is 1. The third-order valence-electron chi connectivity index (χ3n) is 4.40. The van der Waals surface area contributed by atoms with Gasteiger partial charge in [-0.3, -0.25) is 0 Å². The van der Waals surface area contributed by atoms with Gasteiger partial charge in [0.15, 0.2) is 0 Å².